The van der Waals surface area contributed by atoms with Gasteiger partial charge in [0.2, 0.25) is 0 Å². The molecule has 12 heavy (non-hydrogen) atoms. The zero-order valence-electron chi connectivity index (χ0n) is 7.50. The van der Waals surface area contributed by atoms with Crippen molar-refractivity contribution in [1.29, 1.82) is 0 Å². The smallest absolute Gasteiger partial charge is 0.0206 e. The lowest BCUT2D eigenvalue weighted by Gasteiger charge is -2.03. The van der Waals surface area contributed by atoms with Crippen molar-refractivity contribution in [3.63, 3.8) is 0 Å². The Hall–Kier alpha value is -0.0800. The molecule has 0 aromatic heterocycles. The fourth-order valence-corrected chi connectivity index (χ4v) is 2.23. The average molecular weight is 198 g/mol. The second-order valence-corrected chi connectivity index (χ2v) is 4.44. The van der Waals surface area contributed by atoms with Gasteiger partial charge in [-0.05, 0) is 36.8 Å². The minimum absolute atomic E-state index is 1.11. The quantitative estimate of drug-likeness (QED) is 0.569. The van der Waals surface area contributed by atoms with E-state index >= 15 is 0 Å². The highest BCUT2D eigenvalue weighted by atomic mass is 32.2. The lowest BCUT2D eigenvalue weighted by Crippen LogP contribution is -1.80. The van der Waals surface area contributed by atoms with Crippen molar-refractivity contribution in [3.8, 4) is 0 Å². The molecule has 66 valence electrons. The first kappa shape index (κ1) is 10.0. The summed E-state index contributed by atoms with van der Waals surface area (Å²) in [5.41, 5.74) is 1.28. The van der Waals surface area contributed by atoms with Crippen LogP contribution in [0.4, 0.5) is 0 Å². The molecule has 0 aliphatic rings. The van der Waals surface area contributed by atoms with Crippen LogP contribution < -0.4 is 0 Å². The van der Waals surface area contributed by atoms with Gasteiger partial charge in [-0.1, -0.05) is 13.0 Å². The van der Waals surface area contributed by atoms with E-state index in [0.29, 0.717) is 0 Å². The van der Waals surface area contributed by atoms with Gasteiger partial charge in [-0.15, -0.1) is 24.4 Å². The fourth-order valence-electron chi connectivity index (χ4n) is 0.961. The number of hydrogen-bond donors (Lipinski definition) is 1. The summed E-state index contributed by atoms with van der Waals surface area (Å²) in [6.45, 7) is 4.29. The van der Waals surface area contributed by atoms with Crippen molar-refractivity contribution in [2.45, 2.75) is 30.1 Å². The Bertz CT molecular complexity index is 256. The molecule has 0 aliphatic carbocycles. The molecule has 0 fully saturated rings. The summed E-state index contributed by atoms with van der Waals surface area (Å²) in [7, 11) is 0. The minimum atomic E-state index is 1.11. The number of hydrogen-bond acceptors (Lipinski definition) is 2. The molecular weight excluding hydrogens is 184 g/mol. The molecule has 1 rings (SSSR count). The Kier molecular flexibility index (Phi) is 4.02. The molecule has 0 saturated heterocycles. The second kappa shape index (κ2) is 4.83. The third kappa shape index (κ3) is 2.76. The maximum atomic E-state index is 4.42. The molecule has 0 radical (unpaired) electrons. The van der Waals surface area contributed by atoms with Crippen molar-refractivity contribution in [3.05, 3.63) is 23.8 Å². The SMILES string of the molecule is CCCSc1ccc(C)cc1S. The maximum Gasteiger partial charge on any atom is 0.0206 e. The van der Waals surface area contributed by atoms with Crippen molar-refractivity contribution in [2.75, 3.05) is 5.75 Å². The van der Waals surface area contributed by atoms with Crippen LogP contribution in [-0.2, 0) is 0 Å². The molecule has 0 nitrogen and oxygen atoms in total. The largest absolute Gasteiger partial charge is 0.142 e. The van der Waals surface area contributed by atoms with Crippen molar-refractivity contribution in [2.24, 2.45) is 0 Å². The molecule has 0 unspecified atom stereocenters. The van der Waals surface area contributed by atoms with Crippen LogP contribution in [-0.4, -0.2) is 5.75 Å². The van der Waals surface area contributed by atoms with E-state index in [2.05, 4.69) is 44.7 Å². The van der Waals surface area contributed by atoms with Crippen LogP contribution >= 0.6 is 24.4 Å². The molecule has 0 aliphatic heterocycles. The lowest BCUT2D eigenvalue weighted by atomic mass is 10.2. The predicted octanol–water partition coefficient (Wildman–Crippen LogP) is 3.79. The van der Waals surface area contributed by atoms with Crippen LogP contribution in [0.5, 0.6) is 0 Å². The van der Waals surface area contributed by atoms with E-state index in [1.54, 1.807) is 0 Å². The normalized spacial score (nSPS) is 10.2. The van der Waals surface area contributed by atoms with E-state index in [1.165, 1.54) is 22.6 Å². The van der Waals surface area contributed by atoms with Gasteiger partial charge in [-0.25, -0.2) is 0 Å². The van der Waals surface area contributed by atoms with Gasteiger partial charge < -0.3 is 0 Å². The molecule has 0 amide bonds. The highest BCUT2D eigenvalue weighted by molar-refractivity contribution is 7.99. The van der Waals surface area contributed by atoms with E-state index in [0.717, 1.165) is 4.90 Å². The first-order chi connectivity index (χ1) is 5.74. The van der Waals surface area contributed by atoms with Gasteiger partial charge in [0.1, 0.15) is 0 Å². The summed E-state index contributed by atoms with van der Waals surface area (Å²) in [4.78, 5) is 2.40. The zero-order valence-corrected chi connectivity index (χ0v) is 9.21. The van der Waals surface area contributed by atoms with Gasteiger partial charge in [-0.2, -0.15) is 0 Å². The van der Waals surface area contributed by atoms with Crippen molar-refractivity contribution in [1.82, 2.24) is 0 Å². The fraction of sp³-hybridized carbons (Fsp3) is 0.400. The lowest BCUT2D eigenvalue weighted by molar-refractivity contribution is 1.10. The topological polar surface area (TPSA) is 0 Å². The molecule has 1 aromatic rings. The summed E-state index contributed by atoms with van der Waals surface area (Å²) in [6, 6.07) is 6.40. The Morgan fingerprint density at radius 1 is 1.42 bits per heavy atom. The number of thioether (sulfide) groups is 1. The first-order valence-electron chi connectivity index (χ1n) is 4.16. The summed E-state index contributed by atoms with van der Waals surface area (Å²) < 4.78 is 0. The summed E-state index contributed by atoms with van der Waals surface area (Å²) in [6.07, 6.45) is 1.21. The molecule has 0 heterocycles. The summed E-state index contributed by atoms with van der Waals surface area (Å²) >= 11 is 6.30. The van der Waals surface area contributed by atoms with Gasteiger partial charge in [0.15, 0.2) is 0 Å². The number of benzene rings is 1. The van der Waals surface area contributed by atoms with Gasteiger partial charge in [0.25, 0.3) is 0 Å². The molecule has 0 atom stereocenters. The third-order valence-electron chi connectivity index (χ3n) is 1.58. The number of thiol groups is 1. The van der Waals surface area contributed by atoms with Crippen LogP contribution in [0.25, 0.3) is 0 Å². The van der Waals surface area contributed by atoms with Crippen LogP contribution in [0.15, 0.2) is 28.0 Å². The van der Waals surface area contributed by atoms with E-state index in [-0.39, 0.29) is 0 Å². The number of rotatable bonds is 3. The highest BCUT2D eigenvalue weighted by Gasteiger charge is 1.98. The molecular formula is C10H14S2. The van der Waals surface area contributed by atoms with Crippen molar-refractivity contribution < 1.29 is 0 Å². The Morgan fingerprint density at radius 2 is 2.17 bits per heavy atom. The van der Waals surface area contributed by atoms with Gasteiger partial charge in [0, 0.05) is 9.79 Å². The van der Waals surface area contributed by atoms with Crippen LogP contribution in [0, 0.1) is 6.92 Å². The minimum Gasteiger partial charge on any atom is -0.142 e. The van der Waals surface area contributed by atoms with Gasteiger partial charge in [0.05, 0.1) is 0 Å². The average Bonchev–Trinajstić information content (AvgIpc) is 2.03. The first-order valence-corrected chi connectivity index (χ1v) is 5.59. The zero-order chi connectivity index (χ0) is 8.97. The molecule has 0 N–H and O–H groups in total. The highest BCUT2D eigenvalue weighted by Crippen LogP contribution is 2.26. The second-order valence-electron chi connectivity index (χ2n) is 2.82. The van der Waals surface area contributed by atoms with Crippen molar-refractivity contribution >= 4 is 24.4 Å². The van der Waals surface area contributed by atoms with Crippen LogP contribution in [0.1, 0.15) is 18.9 Å². The monoisotopic (exact) mass is 198 g/mol. The summed E-state index contributed by atoms with van der Waals surface area (Å²) in [5, 5.41) is 0. The Balaban J connectivity index is 2.72. The van der Waals surface area contributed by atoms with Crippen LogP contribution in [0.2, 0.25) is 0 Å². The Morgan fingerprint density at radius 3 is 2.75 bits per heavy atom. The maximum absolute atomic E-state index is 4.42. The van der Waals surface area contributed by atoms with E-state index in [9.17, 15) is 0 Å². The third-order valence-corrected chi connectivity index (χ3v) is 3.38. The standard InChI is InChI=1S/C10H14S2/c1-3-6-12-10-5-4-8(2)7-9(10)11/h4-5,7,11H,3,6H2,1-2H3. The number of aryl methyl sites for hydroxylation is 1. The van der Waals surface area contributed by atoms with Gasteiger partial charge in [-0.3, -0.25) is 0 Å². The van der Waals surface area contributed by atoms with E-state index in [4.69, 9.17) is 0 Å². The van der Waals surface area contributed by atoms with E-state index < -0.39 is 0 Å². The Labute approximate surface area is 84.2 Å². The van der Waals surface area contributed by atoms with Crippen LogP contribution in [0.3, 0.4) is 0 Å². The molecule has 1 aromatic carbocycles. The molecule has 0 saturated carbocycles. The molecule has 2 heteroatoms. The van der Waals surface area contributed by atoms with Gasteiger partial charge >= 0.3 is 0 Å². The van der Waals surface area contributed by atoms with E-state index in [1.807, 2.05) is 11.8 Å². The molecule has 0 bridgehead atoms. The molecule has 0 spiro atoms. The summed E-state index contributed by atoms with van der Waals surface area (Å²) in [5.74, 6) is 1.18. The predicted molar refractivity (Wildman–Crippen MR) is 59.4 cm³/mol.